The third-order valence-corrected chi connectivity index (χ3v) is 3.98. The fourth-order valence-electron chi connectivity index (χ4n) is 2.67. The summed E-state index contributed by atoms with van der Waals surface area (Å²) >= 11 is 0. The highest BCUT2D eigenvalue weighted by molar-refractivity contribution is 5.95. The topological polar surface area (TPSA) is 87.2 Å². The molecular formula is C19H21N5O2. The smallest absolute Gasteiger partial charge is 0.244 e. The quantitative estimate of drug-likeness (QED) is 0.587. The number of anilines is 2. The maximum absolute atomic E-state index is 11.8. The van der Waals surface area contributed by atoms with Gasteiger partial charge in [0.1, 0.15) is 0 Å². The number of hydrogen-bond acceptors (Lipinski definition) is 5. The molecule has 2 amide bonds. The molecule has 1 aliphatic rings. The first-order valence-electron chi connectivity index (χ1n) is 8.59. The van der Waals surface area contributed by atoms with E-state index in [2.05, 4.69) is 20.6 Å². The molecular weight excluding hydrogens is 330 g/mol. The minimum atomic E-state index is -0.167. The van der Waals surface area contributed by atoms with Crippen molar-refractivity contribution >= 4 is 29.5 Å². The van der Waals surface area contributed by atoms with Crippen molar-refractivity contribution in [2.75, 3.05) is 29.9 Å². The lowest BCUT2D eigenvalue weighted by Crippen LogP contribution is -2.27. The van der Waals surface area contributed by atoms with Crippen molar-refractivity contribution in [1.82, 2.24) is 15.3 Å². The van der Waals surface area contributed by atoms with Crippen LogP contribution in [-0.2, 0) is 9.59 Å². The van der Waals surface area contributed by atoms with Gasteiger partial charge in [0.05, 0.1) is 0 Å². The van der Waals surface area contributed by atoms with Crippen molar-refractivity contribution in [3.05, 3.63) is 54.4 Å². The Balaban J connectivity index is 1.42. The lowest BCUT2D eigenvalue weighted by Gasteiger charge is -2.15. The zero-order valence-corrected chi connectivity index (χ0v) is 14.4. The van der Waals surface area contributed by atoms with E-state index in [0.29, 0.717) is 25.5 Å². The van der Waals surface area contributed by atoms with E-state index in [1.54, 1.807) is 29.4 Å². The summed E-state index contributed by atoms with van der Waals surface area (Å²) in [5.74, 6) is 0.538. The SMILES string of the molecule is O=C(C=Cc1ccc(N2CCCC2=O)cc1)NCCNc1ncccn1. The second kappa shape index (κ2) is 8.75. The molecule has 1 aromatic carbocycles. The Labute approximate surface area is 152 Å². The Morgan fingerprint density at radius 1 is 1.15 bits per heavy atom. The average molecular weight is 351 g/mol. The van der Waals surface area contributed by atoms with E-state index in [1.807, 2.05) is 24.3 Å². The number of carbonyl (C=O) groups excluding carboxylic acids is 2. The predicted octanol–water partition coefficient (Wildman–Crippen LogP) is 1.84. The summed E-state index contributed by atoms with van der Waals surface area (Å²) in [6.07, 6.45) is 8.08. The Morgan fingerprint density at radius 3 is 2.62 bits per heavy atom. The van der Waals surface area contributed by atoms with Gasteiger partial charge in [0.15, 0.2) is 0 Å². The van der Waals surface area contributed by atoms with Crippen LogP contribution in [0, 0.1) is 0 Å². The molecule has 0 saturated carbocycles. The van der Waals surface area contributed by atoms with Crippen LogP contribution in [-0.4, -0.2) is 41.4 Å². The zero-order valence-electron chi connectivity index (χ0n) is 14.4. The van der Waals surface area contributed by atoms with Crippen LogP contribution in [0.5, 0.6) is 0 Å². The lowest BCUT2D eigenvalue weighted by molar-refractivity contribution is -0.117. The van der Waals surface area contributed by atoms with Gasteiger partial charge in [0.25, 0.3) is 0 Å². The first-order chi connectivity index (χ1) is 12.7. The Kier molecular flexibility index (Phi) is 5.92. The summed E-state index contributed by atoms with van der Waals surface area (Å²) in [6.45, 7) is 1.79. The van der Waals surface area contributed by atoms with E-state index >= 15 is 0 Å². The van der Waals surface area contributed by atoms with Gasteiger partial charge in [-0.05, 0) is 36.3 Å². The molecule has 1 aliphatic heterocycles. The van der Waals surface area contributed by atoms with E-state index in [-0.39, 0.29) is 11.8 Å². The normalized spacial score (nSPS) is 14.0. The van der Waals surface area contributed by atoms with Gasteiger partial charge in [0, 0.05) is 50.2 Å². The van der Waals surface area contributed by atoms with Gasteiger partial charge in [-0.15, -0.1) is 0 Å². The molecule has 2 N–H and O–H groups in total. The van der Waals surface area contributed by atoms with Gasteiger partial charge in [-0.1, -0.05) is 12.1 Å². The number of amides is 2. The third kappa shape index (κ3) is 4.89. The average Bonchev–Trinajstić information content (AvgIpc) is 3.11. The van der Waals surface area contributed by atoms with Crippen molar-refractivity contribution in [2.24, 2.45) is 0 Å². The van der Waals surface area contributed by atoms with Gasteiger partial charge in [0.2, 0.25) is 17.8 Å². The van der Waals surface area contributed by atoms with Gasteiger partial charge in [-0.2, -0.15) is 0 Å². The Hall–Kier alpha value is -3.22. The van der Waals surface area contributed by atoms with Crippen molar-refractivity contribution in [2.45, 2.75) is 12.8 Å². The number of nitrogens with one attached hydrogen (secondary N) is 2. The van der Waals surface area contributed by atoms with Gasteiger partial charge in [-0.25, -0.2) is 9.97 Å². The molecule has 1 aromatic heterocycles. The van der Waals surface area contributed by atoms with Crippen LogP contribution < -0.4 is 15.5 Å². The van der Waals surface area contributed by atoms with Crippen LogP contribution >= 0.6 is 0 Å². The molecule has 2 heterocycles. The molecule has 7 heteroatoms. The minimum Gasteiger partial charge on any atom is -0.352 e. The molecule has 0 aliphatic carbocycles. The minimum absolute atomic E-state index is 0.167. The number of hydrogen-bond donors (Lipinski definition) is 2. The molecule has 0 unspecified atom stereocenters. The van der Waals surface area contributed by atoms with E-state index < -0.39 is 0 Å². The zero-order chi connectivity index (χ0) is 18.2. The van der Waals surface area contributed by atoms with Crippen LogP contribution in [0.2, 0.25) is 0 Å². The van der Waals surface area contributed by atoms with E-state index in [9.17, 15) is 9.59 Å². The molecule has 1 saturated heterocycles. The fraction of sp³-hybridized carbons (Fsp3) is 0.263. The first kappa shape index (κ1) is 17.6. The van der Waals surface area contributed by atoms with E-state index in [0.717, 1.165) is 24.2 Å². The first-order valence-corrected chi connectivity index (χ1v) is 8.59. The maximum Gasteiger partial charge on any atom is 0.244 e. The van der Waals surface area contributed by atoms with Gasteiger partial charge >= 0.3 is 0 Å². The van der Waals surface area contributed by atoms with Crippen molar-refractivity contribution in [1.29, 1.82) is 0 Å². The highest BCUT2D eigenvalue weighted by Crippen LogP contribution is 2.21. The number of rotatable bonds is 7. The summed E-state index contributed by atoms with van der Waals surface area (Å²) in [4.78, 5) is 33.4. The molecule has 134 valence electrons. The van der Waals surface area contributed by atoms with Crippen LogP contribution in [0.25, 0.3) is 6.08 Å². The van der Waals surface area contributed by atoms with Gasteiger partial charge in [-0.3, -0.25) is 9.59 Å². The summed E-state index contributed by atoms with van der Waals surface area (Å²) in [6, 6.07) is 9.36. The standard InChI is InChI=1S/C19H21N5O2/c25-17(20-12-13-23-19-21-10-2-11-22-19)9-6-15-4-7-16(8-5-15)24-14-1-3-18(24)26/h2,4-11H,1,3,12-14H2,(H,20,25)(H,21,22,23). The fourth-order valence-corrected chi connectivity index (χ4v) is 2.67. The number of aromatic nitrogens is 2. The number of nitrogens with zero attached hydrogens (tertiary/aromatic N) is 3. The Morgan fingerprint density at radius 2 is 1.92 bits per heavy atom. The molecule has 26 heavy (non-hydrogen) atoms. The molecule has 0 radical (unpaired) electrons. The van der Waals surface area contributed by atoms with E-state index in [1.165, 1.54) is 6.08 Å². The summed E-state index contributed by atoms with van der Waals surface area (Å²) in [7, 11) is 0. The Bertz CT molecular complexity index is 774. The maximum atomic E-state index is 11.8. The second-order valence-electron chi connectivity index (χ2n) is 5.86. The van der Waals surface area contributed by atoms with E-state index in [4.69, 9.17) is 0 Å². The van der Waals surface area contributed by atoms with Gasteiger partial charge < -0.3 is 15.5 Å². The molecule has 2 aromatic rings. The predicted molar refractivity (Wildman–Crippen MR) is 101 cm³/mol. The number of benzene rings is 1. The largest absolute Gasteiger partial charge is 0.352 e. The summed E-state index contributed by atoms with van der Waals surface area (Å²) in [5.41, 5.74) is 1.81. The number of carbonyl (C=O) groups is 2. The van der Waals surface area contributed by atoms with Crippen LogP contribution in [0.15, 0.2) is 48.8 Å². The van der Waals surface area contributed by atoms with Crippen LogP contribution in [0.3, 0.4) is 0 Å². The van der Waals surface area contributed by atoms with Crippen LogP contribution in [0.1, 0.15) is 18.4 Å². The second-order valence-corrected chi connectivity index (χ2v) is 5.86. The van der Waals surface area contributed by atoms with Crippen molar-refractivity contribution < 1.29 is 9.59 Å². The highest BCUT2D eigenvalue weighted by atomic mass is 16.2. The van der Waals surface area contributed by atoms with Crippen LogP contribution in [0.4, 0.5) is 11.6 Å². The lowest BCUT2D eigenvalue weighted by atomic mass is 10.2. The molecule has 0 spiro atoms. The molecule has 0 atom stereocenters. The highest BCUT2D eigenvalue weighted by Gasteiger charge is 2.21. The molecule has 7 nitrogen and oxygen atoms in total. The molecule has 3 rings (SSSR count). The summed E-state index contributed by atoms with van der Waals surface area (Å²) < 4.78 is 0. The van der Waals surface area contributed by atoms with Crippen molar-refractivity contribution in [3.63, 3.8) is 0 Å². The monoisotopic (exact) mass is 351 g/mol. The third-order valence-electron chi connectivity index (χ3n) is 3.98. The molecule has 1 fully saturated rings. The summed E-state index contributed by atoms with van der Waals surface area (Å²) in [5, 5.41) is 5.81. The molecule has 0 bridgehead atoms. The van der Waals surface area contributed by atoms with Crippen molar-refractivity contribution in [3.8, 4) is 0 Å².